The Morgan fingerprint density at radius 2 is 2.25 bits per heavy atom. The number of nitrogens with two attached hydrogens (primary N) is 1. The van der Waals surface area contributed by atoms with Crippen molar-refractivity contribution in [3.05, 3.63) is 24.3 Å². The highest BCUT2D eigenvalue weighted by Crippen LogP contribution is 2.13. The van der Waals surface area contributed by atoms with Crippen LogP contribution in [0.15, 0.2) is 18.6 Å². The van der Waals surface area contributed by atoms with Gasteiger partial charge in [0.2, 0.25) is 0 Å². The van der Waals surface area contributed by atoms with E-state index in [1.807, 2.05) is 13.8 Å². The molecule has 3 N–H and O–H groups in total. The van der Waals surface area contributed by atoms with Crippen molar-refractivity contribution in [3.8, 4) is 0 Å². The summed E-state index contributed by atoms with van der Waals surface area (Å²) in [5, 5.41) is 2.71. The van der Waals surface area contributed by atoms with E-state index in [1.165, 1.54) is 18.6 Å². The summed E-state index contributed by atoms with van der Waals surface area (Å²) in [6.45, 7) is 4.11. The number of rotatable bonds is 4. The van der Waals surface area contributed by atoms with Gasteiger partial charge in [-0.2, -0.15) is 0 Å². The molecule has 16 heavy (non-hydrogen) atoms. The number of nitrogens with one attached hydrogen (secondary N) is 1. The van der Waals surface area contributed by atoms with E-state index in [9.17, 15) is 4.79 Å². The van der Waals surface area contributed by atoms with Crippen molar-refractivity contribution in [1.82, 2.24) is 15.3 Å². The fraction of sp³-hybridized carbons (Fsp3) is 0.400. The lowest BCUT2D eigenvalue weighted by molar-refractivity contribution is 0.0939. The SMILES string of the molecule is CC(C)(CNC(=O)c1cnccn1)C(N)=S. The van der Waals surface area contributed by atoms with Gasteiger partial charge < -0.3 is 11.1 Å². The smallest absolute Gasteiger partial charge is 0.271 e. The molecule has 86 valence electrons. The average Bonchev–Trinajstić information content (AvgIpc) is 2.27. The van der Waals surface area contributed by atoms with Gasteiger partial charge in [0, 0.05) is 24.4 Å². The molecule has 0 aliphatic carbocycles. The van der Waals surface area contributed by atoms with Gasteiger partial charge in [-0.3, -0.25) is 9.78 Å². The van der Waals surface area contributed by atoms with E-state index < -0.39 is 5.41 Å². The minimum Gasteiger partial charge on any atom is -0.393 e. The molecule has 0 unspecified atom stereocenters. The van der Waals surface area contributed by atoms with Crippen molar-refractivity contribution >= 4 is 23.1 Å². The minimum atomic E-state index is -0.410. The highest BCUT2D eigenvalue weighted by molar-refractivity contribution is 7.80. The number of hydrogen-bond donors (Lipinski definition) is 2. The molecule has 0 saturated heterocycles. The monoisotopic (exact) mass is 238 g/mol. The van der Waals surface area contributed by atoms with Crippen LogP contribution in [0.5, 0.6) is 0 Å². The molecule has 1 aromatic rings. The normalized spacial score (nSPS) is 10.9. The number of carbonyl (C=O) groups is 1. The van der Waals surface area contributed by atoms with Crippen LogP contribution in [0.2, 0.25) is 0 Å². The Bertz CT molecular complexity index is 391. The van der Waals surface area contributed by atoms with Gasteiger partial charge in [0.15, 0.2) is 0 Å². The third-order valence-corrected chi connectivity index (χ3v) is 2.71. The van der Waals surface area contributed by atoms with E-state index in [-0.39, 0.29) is 11.6 Å². The topological polar surface area (TPSA) is 80.9 Å². The third-order valence-electron chi connectivity index (χ3n) is 2.15. The Labute approximate surface area is 99.5 Å². The lowest BCUT2D eigenvalue weighted by atomic mass is 9.93. The van der Waals surface area contributed by atoms with Crippen LogP contribution >= 0.6 is 12.2 Å². The molecule has 0 fully saturated rings. The molecule has 0 saturated carbocycles. The number of thiocarbonyl (C=S) groups is 1. The number of aromatic nitrogens is 2. The standard InChI is InChI=1S/C10H14N4OS/c1-10(2,9(11)16)6-14-8(15)7-5-12-3-4-13-7/h3-5H,6H2,1-2H3,(H2,11,16)(H,14,15). The van der Waals surface area contributed by atoms with Crippen molar-refractivity contribution in [2.45, 2.75) is 13.8 Å². The highest BCUT2D eigenvalue weighted by Gasteiger charge is 2.22. The van der Waals surface area contributed by atoms with Crippen molar-refractivity contribution in [1.29, 1.82) is 0 Å². The van der Waals surface area contributed by atoms with Crippen molar-refractivity contribution < 1.29 is 4.79 Å². The summed E-state index contributed by atoms with van der Waals surface area (Å²) in [6.07, 6.45) is 4.38. The van der Waals surface area contributed by atoms with Crippen LogP contribution in [-0.2, 0) is 0 Å². The average molecular weight is 238 g/mol. The summed E-state index contributed by atoms with van der Waals surface area (Å²) in [7, 11) is 0. The van der Waals surface area contributed by atoms with Crippen molar-refractivity contribution in [2.24, 2.45) is 11.1 Å². The van der Waals surface area contributed by atoms with E-state index in [0.717, 1.165) is 0 Å². The predicted molar refractivity (Wildman–Crippen MR) is 64.9 cm³/mol. The number of amides is 1. The molecule has 0 atom stereocenters. The van der Waals surface area contributed by atoms with Gasteiger partial charge in [0.05, 0.1) is 11.2 Å². The summed E-state index contributed by atoms with van der Waals surface area (Å²) < 4.78 is 0. The van der Waals surface area contributed by atoms with E-state index >= 15 is 0 Å². The molecule has 1 rings (SSSR count). The molecule has 0 radical (unpaired) electrons. The quantitative estimate of drug-likeness (QED) is 0.747. The summed E-state index contributed by atoms with van der Waals surface area (Å²) in [4.78, 5) is 19.7. The zero-order chi connectivity index (χ0) is 12.2. The van der Waals surface area contributed by atoms with Crippen LogP contribution in [0.4, 0.5) is 0 Å². The molecule has 0 aliphatic rings. The molecule has 1 aromatic heterocycles. The zero-order valence-corrected chi connectivity index (χ0v) is 10.0. The molecule has 0 aliphatic heterocycles. The van der Waals surface area contributed by atoms with Crippen LogP contribution in [-0.4, -0.2) is 27.4 Å². The second-order valence-corrected chi connectivity index (χ2v) is 4.46. The molecule has 1 amide bonds. The molecule has 0 aromatic carbocycles. The predicted octanol–water partition coefficient (Wildman–Crippen LogP) is 0.519. The Hall–Kier alpha value is -1.56. The molecular formula is C10H14N4OS. The zero-order valence-electron chi connectivity index (χ0n) is 9.23. The van der Waals surface area contributed by atoms with E-state index in [4.69, 9.17) is 18.0 Å². The highest BCUT2D eigenvalue weighted by atomic mass is 32.1. The van der Waals surface area contributed by atoms with E-state index in [1.54, 1.807) is 0 Å². The van der Waals surface area contributed by atoms with Crippen LogP contribution in [0.1, 0.15) is 24.3 Å². The fourth-order valence-corrected chi connectivity index (χ4v) is 0.967. The van der Waals surface area contributed by atoms with Gasteiger partial charge in [-0.25, -0.2) is 4.98 Å². The summed E-state index contributed by atoms with van der Waals surface area (Å²) in [5.74, 6) is -0.280. The Morgan fingerprint density at radius 1 is 1.56 bits per heavy atom. The third kappa shape index (κ3) is 3.23. The summed E-state index contributed by atoms with van der Waals surface area (Å²) >= 11 is 4.90. The Kier molecular flexibility index (Phi) is 3.89. The van der Waals surface area contributed by atoms with Crippen LogP contribution in [0, 0.1) is 5.41 Å². The van der Waals surface area contributed by atoms with Gasteiger partial charge in [-0.15, -0.1) is 0 Å². The number of carbonyl (C=O) groups excluding carboxylic acids is 1. The summed E-state index contributed by atoms with van der Waals surface area (Å²) in [5.41, 5.74) is 5.42. The van der Waals surface area contributed by atoms with Crippen LogP contribution < -0.4 is 11.1 Å². The maximum Gasteiger partial charge on any atom is 0.271 e. The van der Waals surface area contributed by atoms with Gasteiger partial charge in [0.1, 0.15) is 5.69 Å². The molecule has 0 bridgehead atoms. The Balaban J connectivity index is 2.58. The molecule has 5 nitrogen and oxygen atoms in total. The van der Waals surface area contributed by atoms with E-state index in [2.05, 4.69) is 15.3 Å². The molecule has 0 spiro atoms. The maximum atomic E-state index is 11.6. The number of hydrogen-bond acceptors (Lipinski definition) is 4. The lowest BCUT2D eigenvalue weighted by Gasteiger charge is -2.23. The Morgan fingerprint density at radius 3 is 2.75 bits per heavy atom. The van der Waals surface area contributed by atoms with Gasteiger partial charge in [-0.1, -0.05) is 26.1 Å². The first-order valence-corrected chi connectivity index (χ1v) is 5.18. The fourth-order valence-electron chi connectivity index (χ4n) is 0.895. The first kappa shape index (κ1) is 12.5. The number of nitrogens with zero attached hydrogens (tertiary/aromatic N) is 2. The van der Waals surface area contributed by atoms with Crippen LogP contribution in [0.25, 0.3) is 0 Å². The second-order valence-electron chi connectivity index (χ2n) is 4.02. The maximum absolute atomic E-state index is 11.6. The minimum absolute atomic E-state index is 0.279. The summed E-state index contributed by atoms with van der Waals surface area (Å²) in [6, 6.07) is 0. The van der Waals surface area contributed by atoms with E-state index in [0.29, 0.717) is 11.5 Å². The van der Waals surface area contributed by atoms with Gasteiger partial charge in [0.25, 0.3) is 5.91 Å². The molecule has 6 heteroatoms. The largest absolute Gasteiger partial charge is 0.393 e. The lowest BCUT2D eigenvalue weighted by Crippen LogP contribution is -2.41. The van der Waals surface area contributed by atoms with Gasteiger partial charge in [-0.05, 0) is 0 Å². The van der Waals surface area contributed by atoms with Crippen molar-refractivity contribution in [2.75, 3.05) is 6.54 Å². The van der Waals surface area contributed by atoms with Crippen LogP contribution in [0.3, 0.4) is 0 Å². The van der Waals surface area contributed by atoms with Gasteiger partial charge >= 0.3 is 0 Å². The van der Waals surface area contributed by atoms with Crippen molar-refractivity contribution in [3.63, 3.8) is 0 Å². The second kappa shape index (κ2) is 4.98. The first-order valence-electron chi connectivity index (χ1n) is 4.77. The molecule has 1 heterocycles. The first-order chi connectivity index (χ1) is 7.43. The molecular weight excluding hydrogens is 224 g/mol.